The number of nitrogens with zero attached hydrogens (tertiary/aromatic N) is 4. The third kappa shape index (κ3) is 2.76. The highest BCUT2D eigenvalue weighted by atomic mass is 35.5. The molecule has 0 fully saturated rings. The van der Waals surface area contributed by atoms with E-state index in [0.717, 1.165) is 5.39 Å². The zero-order chi connectivity index (χ0) is 14.8. The molecule has 0 saturated carbocycles. The minimum atomic E-state index is 0.333. The first-order valence-corrected chi connectivity index (χ1v) is 6.64. The highest BCUT2D eigenvalue weighted by Gasteiger charge is 2.11. The van der Waals surface area contributed by atoms with E-state index in [1.807, 2.05) is 6.07 Å². The Hall–Kier alpha value is -2.32. The van der Waals surface area contributed by atoms with Gasteiger partial charge in [-0.05, 0) is 6.07 Å². The summed E-state index contributed by atoms with van der Waals surface area (Å²) >= 11 is 6.08. The van der Waals surface area contributed by atoms with Crippen LogP contribution in [0.4, 0.5) is 17.5 Å². The van der Waals surface area contributed by atoms with E-state index in [-0.39, 0.29) is 0 Å². The Morgan fingerprint density at radius 1 is 1.48 bits per heavy atom. The Morgan fingerprint density at radius 3 is 3.14 bits per heavy atom. The number of aromatic nitrogens is 5. The molecule has 9 heteroatoms. The maximum atomic E-state index is 6.08. The average Bonchev–Trinajstić information content (AvgIpc) is 3.04. The smallest absolute Gasteiger partial charge is 0.231 e. The number of rotatable bonds is 5. The number of aromatic amines is 1. The Morgan fingerprint density at radius 2 is 2.33 bits per heavy atom. The summed E-state index contributed by atoms with van der Waals surface area (Å²) in [7, 11) is 1.63. The standard InChI is InChI=1S/C12H14ClN7O/c1-21-5-4-20-6-8(9(13)19-20)16-12-17-10(14)7-2-3-15-11(7)18-12/h2-3,6H,4-5H2,1H3,(H4,14,15,16,17,18). The predicted octanol–water partition coefficient (Wildman–Crippen LogP) is 1.78. The summed E-state index contributed by atoms with van der Waals surface area (Å²) < 4.78 is 6.68. The first-order valence-electron chi connectivity index (χ1n) is 6.27. The molecule has 0 atom stereocenters. The molecular weight excluding hydrogens is 294 g/mol. The van der Waals surface area contributed by atoms with Crippen molar-refractivity contribution in [3.05, 3.63) is 23.6 Å². The number of ether oxygens (including phenoxy) is 1. The fraction of sp³-hybridized carbons (Fsp3) is 0.250. The van der Waals surface area contributed by atoms with Gasteiger partial charge in [-0.25, -0.2) is 0 Å². The number of halogens is 1. The van der Waals surface area contributed by atoms with Gasteiger partial charge in [-0.2, -0.15) is 15.1 Å². The van der Waals surface area contributed by atoms with Crippen LogP contribution in [0, 0.1) is 0 Å². The summed E-state index contributed by atoms with van der Waals surface area (Å²) in [5.74, 6) is 0.752. The molecule has 110 valence electrons. The maximum Gasteiger partial charge on any atom is 0.231 e. The first-order chi connectivity index (χ1) is 10.2. The second-order valence-electron chi connectivity index (χ2n) is 4.39. The molecule has 8 nitrogen and oxygen atoms in total. The summed E-state index contributed by atoms with van der Waals surface area (Å²) in [6.45, 7) is 1.16. The molecule has 0 aliphatic heterocycles. The van der Waals surface area contributed by atoms with Crippen molar-refractivity contribution in [3.63, 3.8) is 0 Å². The van der Waals surface area contributed by atoms with Crippen LogP contribution in [-0.2, 0) is 11.3 Å². The van der Waals surface area contributed by atoms with E-state index >= 15 is 0 Å². The number of fused-ring (bicyclic) bond motifs is 1. The van der Waals surface area contributed by atoms with E-state index in [2.05, 4.69) is 25.4 Å². The Bertz CT molecular complexity index is 766. The number of hydrogen-bond donors (Lipinski definition) is 3. The number of H-pyrrole nitrogens is 1. The molecule has 3 heterocycles. The van der Waals surface area contributed by atoms with E-state index in [4.69, 9.17) is 22.1 Å². The summed E-state index contributed by atoms with van der Waals surface area (Å²) in [5, 5.41) is 8.29. The van der Waals surface area contributed by atoms with Crippen LogP contribution >= 0.6 is 11.6 Å². The minimum Gasteiger partial charge on any atom is -0.383 e. The van der Waals surface area contributed by atoms with E-state index in [1.54, 1.807) is 24.2 Å². The maximum absolute atomic E-state index is 6.08. The van der Waals surface area contributed by atoms with Crippen molar-refractivity contribution >= 4 is 40.1 Å². The van der Waals surface area contributed by atoms with Crippen LogP contribution in [0.3, 0.4) is 0 Å². The van der Waals surface area contributed by atoms with Crippen LogP contribution in [0.2, 0.25) is 5.15 Å². The van der Waals surface area contributed by atoms with E-state index < -0.39 is 0 Å². The molecular formula is C12H14ClN7O. The molecule has 0 aromatic carbocycles. The lowest BCUT2D eigenvalue weighted by molar-refractivity contribution is 0.183. The Labute approximate surface area is 125 Å². The van der Waals surface area contributed by atoms with Gasteiger partial charge in [-0.15, -0.1) is 0 Å². The second kappa shape index (κ2) is 5.58. The zero-order valence-corrected chi connectivity index (χ0v) is 12.1. The minimum absolute atomic E-state index is 0.333. The molecule has 0 saturated heterocycles. The van der Waals surface area contributed by atoms with Crippen LogP contribution < -0.4 is 11.1 Å². The predicted molar refractivity (Wildman–Crippen MR) is 80.7 cm³/mol. The molecule has 0 unspecified atom stereocenters. The Balaban J connectivity index is 1.86. The monoisotopic (exact) mass is 307 g/mol. The highest BCUT2D eigenvalue weighted by molar-refractivity contribution is 6.32. The van der Waals surface area contributed by atoms with Crippen LogP contribution in [0.1, 0.15) is 0 Å². The van der Waals surface area contributed by atoms with Gasteiger partial charge < -0.3 is 20.8 Å². The lowest BCUT2D eigenvalue weighted by atomic mass is 10.4. The number of nitrogens with two attached hydrogens (primary N) is 1. The van der Waals surface area contributed by atoms with E-state index in [9.17, 15) is 0 Å². The fourth-order valence-electron chi connectivity index (χ4n) is 1.92. The quantitative estimate of drug-likeness (QED) is 0.663. The van der Waals surface area contributed by atoms with Crippen LogP contribution in [0.15, 0.2) is 18.5 Å². The number of nitrogens with one attached hydrogen (secondary N) is 2. The molecule has 3 aromatic heterocycles. The van der Waals surface area contributed by atoms with Crippen molar-refractivity contribution in [2.75, 3.05) is 24.8 Å². The van der Waals surface area contributed by atoms with Crippen LogP contribution in [0.25, 0.3) is 11.0 Å². The molecule has 0 aliphatic rings. The van der Waals surface area contributed by atoms with Crippen LogP contribution in [-0.4, -0.2) is 38.4 Å². The van der Waals surface area contributed by atoms with E-state index in [1.165, 1.54) is 0 Å². The highest BCUT2D eigenvalue weighted by Crippen LogP contribution is 2.24. The van der Waals surface area contributed by atoms with Crippen molar-refractivity contribution in [2.45, 2.75) is 6.54 Å². The molecule has 0 spiro atoms. The topological polar surface area (TPSA) is 107 Å². The largest absolute Gasteiger partial charge is 0.383 e. The molecule has 0 radical (unpaired) electrons. The van der Waals surface area contributed by atoms with Crippen molar-refractivity contribution in [1.29, 1.82) is 0 Å². The van der Waals surface area contributed by atoms with Gasteiger partial charge in [0.2, 0.25) is 5.95 Å². The second-order valence-corrected chi connectivity index (χ2v) is 4.74. The summed E-state index contributed by atoms with van der Waals surface area (Å²) in [4.78, 5) is 11.5. The molecule has 3 aromatic rings. The molecule has 4 N–H and O–H groups in total. The zero-order valence-electron chi connectivity index (χ0n) is 11.3. The lowest BCUT2D eigenvalue weighted by Crippen LogP contribution is -2.04. The first kappa shape index (κ1) is 13.7. The van der Waals surface area contributed by atoms with Crippen molar-refractivity contribution in [3.8, 4) is 0 Å². The third-order valence-electron chi connectivity index (χ3n) is 2.93. The number of methoxy groups -OCH3 is 1. The lowest BCUT2D eigenvalue weighted by Gasteiger charge is -2.04. The molecule has 0 amide bonds. The normalized spacial score (nSPS) is 11.1. The SMILES string of the molecule is COCCn1cc(Nc2nc(N)c3cc[nH]c3n2)c(Cl)n1. The van der Waals surface area contributed by atoms with Gasteiger partial charge in [0.1, 0.15) is 11.5 Å². The molecule has 21 heavy (non-hydrogen) atoms. The van der Waals surface area contributed by atoms with Gasteiger partial charge in [0.25, 0.3) is 0 Å². The molecule has 0 aliphatic carbocycles. The van der Waals surface area contributed by atoms with Gasteiger partial charge >= 0.3 is 0 Å². The van der Waals surface area contributed by atoms with Gasteiger partial charge in [0.05, 0.1) is 30.4 Å². The fourth-order valence-corrected chi connectivity index (χ4v) is 2.12. The summed E-state index contributed by atoms with van der Waals surface area (Å²) in [5.41, 5.74) is 7.15. The van der Waals surface area contributed by atoms with Gasteiger partial charge in [-0.3, -0.25) is 4.68 Å². The van der Waals surface area contributed by atoms with E-state index in [0.29, 0.717) is 41.4 Å². The van der Waals surface area contributed by atoms with Crippen LogP contribution in [0.5, 0.6) is 0 Å². The Kier molecular flexibility index (Phi) is 3.63. The summed E-state index contributed by atoms with van der Waals surface area (Å²) in [6.07, 6.45) is 3.52. The third-order valence-corrected chi connectivity index (χ3v) is 3.21. The van der Waals surface area contributed by atoms with Gasteiger partial charge in [0, 0.05) is 13.3 Å². The number of hydrogen-bond acceptors (Lipinski definition) is 6. The van der Waals surface area contributed by atoms with Crippen molar-refractivity contribution < 1.29 is 4.74 Å². The number of anilines is 3. The van der Waals surface area contributed by atoms with Gasteiger partial charge in [-0.1, -0.05) is 11.6 Å². The summed E-state index contributed by atoms with van der Waals surface area (Å²) in [6, 6.07) is 1.82. The van der Waals surface area contributed by atoms with Crippen molar-refractivity contribution in [2.24, 2.45) is 0 Å². The number of nitrogen functional groups attached to an aromatic ring is 1. The molecule has 0 bridgehead atoms. The van der Waals surface area contributed by atoms with Gasteiger partial charge in [0.15, 0.2) is 5.15 Å². The van der Waals surface area contributed by atoms with Crippen molar-refractivity contribution in [1.82, 2.24) is 24.7 Å². The molecule has 3 rings (SSSR count). The average molecular weight is 308 g/mol.